The van der Waals surface area contributed by atoms with Gasteiger partial charge in [0.2, 0.25) is 0 Å². The number of hydrogen-bond donors (Lipinski definition) is 0. The summed E-state index contributed by atoms with van der Waals surface area (Å²) in [6, 6.07) is 5.49. The van der Waals surface area contributed by atoms with Crippen LogP contribution in [0.15, 0.2) is 30.9 Å². The third-order valence-electron chi connectivity index (χ3n) is 2.05. The van der Waals surface area contributed by atoms with Crippen molar-refractivity contribution in [2.45, 2.75) is 6.92 Å². The van der Waals surface area contributed by atoms with E-state index in [2.05, 4.69) is 10.2 Å². The lowest BCUT2D eigenvalue weighted by molar-refractivity contribution is 0.112. The Morgan fingerprint density at radius 2 is 2.00 bits per heavy atom. The number of hydrogen-bond acceptors (Lipinski definition) is 3. The van der Waals surface area contributed by atoms with Crippen molar-refractivity contribution in [3.8, 4) is 5.69 Å². The highest BCUT2D eigenvalue weighted by molar-refractivity contribution is 5.75. The van der Waals surface area contributed by atoms with E-state index < -0.39 is 0 Å². The molecular weight excluding hydrogens is 178 g/mol. The highest BCUT2D eigenvalue weighted by Crippen LogP contribution is 2.13. The van der Waals surface area contributed by atoms with Crippen molar-refractivity contribution in [3.05, 3.63) is 42.0 Å². The maximum atomic E-state index is 10.5. The number of benzene rings is 1. The standard InChI is InChI=1S/C10H9N3O/c1-8-4-9(5-14)2-3-10(8)13-6-11-12-7-13/h2-7H,1H3. The van der Waals surface area contributed by atoms with Crippen molar-refractivity contribution in [3.63, 3.8) is 0 Å². The van der Waals surface area contributed by atoms with Gasteiger partial charge < -0.3 is 0 Å². The van der Waals surface area contributed by atoms with E-state index in [4.69, 9.17) is 0 Å². The zero-order valence-electron chi connectivity index (χ0n) is 7.71. The Kier molecular flexibility index (Phi) is 2.10. The molecule has 0 fully saturated rings. The molecule has 0 aliphatic carbocycles. The normalized spacial score (nSPS) is 10.1. The van der Waals surface area contributed by atoms with Gasteiger partial charge >= 0.3 is 0 Å². The number of aryl methyl sites for hydroxylation is 1. The lowest BCUT2D eigenvalue weighted by Crippen LogP contribution is -1.94. The second kappa shape index (κ2) is 3.41. The van der Waals surface area contributed by atoms with Crippen molar-refractivity contribution in [2.75, 3.05) is 0 Å². The Labute approximate surface area is 81.2 Å². The maximum absolute atomic E-state index is 10.5. The first-order chi connectivity index (χ1) is 6.81. The Hall–Kier alpha value is -1.97. The second-order valence-corrected chi connectivity index (χ2v) is 3.03. The Bertz CT molecular complexity index is 448. The molecule has 0 atom stereocenters. The predicted molar refractivity (Wildman–Crippen MR) is 51.5 cm³/mol. The van der Waals surface area contributed by atoms with E-state index in [1.54, 1.807) is 18.7 Å². The van der Waals surface area contributed by atoms with Crippen LogP contribution < -0.4 is 0 Å². The molecule has 14 heavy (non-hydrogen) atoms. The van der Waals surface area contributed by atoms with E-state index >= 15 is 0 Å². The van der Waals surface area contributed by atoms with Crippen LogP contribution in [0.25, 0.3) is 5.69 Å². The van der Waals surface area contributed by atoms with Crippen LogP contribution in [-0.2, 0) is 0 Å². The van der Waals surface area contributed by atoms with Crippen molar-refractivity contribution in [1.82, 2.24) is 14.8 Å². The zero-order valence-corrected chi connectivity index (χ0v) is 7.71. The molecule has 1 heterocycles. The van der Waals surface area contributed by atoms with E-state index in [-0.39, 0.29) is 0 Å². The van der Waals surface area contributed by atoms with Crippen LogP contribution in [0.2, 0.25) is 0 Å². The van der Waals surface area contributed by atoms with Crippen molar-refractivity contribution >= 4 is 6.29 Å². The van der Waals surface area contributed by atoms with Gasteiger partial charge in [-0.25, -0.2) is 0 Å². The summed E-state index contributed by atoms with van der Waals surface area (Å²) >= 11 is 0. The number of carbonyl (C=O) groups excluding carboxylic acids is 1. The Balaban J connectivity index is 2.51. The molecule has 0 saturated heterocycles. The molecule has 0 N–H and O–H groups in total. The molecule has 0 radical (unpaired) electrons. The van der Waals surface area contributed by atoms with Crippen molar-refractivity contribution in [2.24, 2.45) is 0 Å². The summed E-state index contributed by atoms with van der Waals surface area (Å²) < 4.78 is 1.81. The maximum Gasteiger partial charge on any atom is 0.150 e. The highest BCUT2D eigenvalue weighted by atomic mass is 16.1. The Morgan fingerprint density at radius 1 is 1.29 bits per heavy atom. The van der Waals surface area contributed by atoms with Crippen LogP contribution in [0.1, 0.15) is 15.9 Å². The summed E-state index contributed by atoms with van der Waals surface area (Å²) in [6.45, 7) is 1.95. The van der Waals surface area contributed by atoms with Crippen LogP contribution in [-0.4, -0.2) is 21.1 Å². The summed E-state index contributed by atoms with van der Waals surface area (Å²) in [7, 11) is 0. The van der Waals surface area contributed by atoms with Gasteiger partial charge in [0.25, 0.3) is 0 Å². The predicted octanol–water partition coefficient (Wildman–Crippen LogP) is 1.39. The second-order valence-electron chi connectivity index (χ2n) is 3.03. The van der Waals surface area contributed by atoms with E-state index in [1.165, 1.54) is 0 Å². The Morgan fingerprint density at radius 3 is 2.57 bits per heavy atom. The topological polar surface area (TPSA) is 47.8 Å². The molecule has 2 aromatic rings. The van der Waals surface area contributed by atoms with Gasteiger partial charge in [0.05, 0.1) is 5.69 Å². The molecule has 0 amide bonds. The number of aromatic nitrogens is 3. The SMILES string of the molecule is Cc1cc(C=O)ccc1-n1cnnc1. The molecule has 0 aliphatic heterocycles. The quantitative estimate of drug-likeness (QED) is 0.667. The summed E-state index contributed by atoms with van der Waals surface area (Å²) in [5, 5.41) is 7.45. The minimum Gasteiger partial charge on any atom is -0.298 e. The van der Waals surface area contributed by atoms with Gasteiger partial charge in [-0.05, 0) is 30.7 Å². The summed E-state index contributed by atoms with van der Waals surface area (Å²) in [4.78, 5) is 10.5. The molecule has 4 heteroatoms. The van der Waals surface area contributed by atoms with E-state index in [0.717, 1.165) is 17.5 Å². The van der Waals surface area contributed by atoms with Crippen molar-refractivity contribution in [1.29, 1.82) is 0 Å². The van der Waals surface area contributed by atoms with Gasteiger partial charge in [0.1, 0.15) is 18.9 Å². The molecule has 0 saturated carbocycles. The fourth-order valence-corrected chi connectivity index (χ4v) is 1.37. The van der Waals surface area contributed by atoms with E-state index in [1.807, 2.05) is 23.6 Å². The first-order valence-corrected chi connectivity index (χ1v) is 4.22. The monoisotopic (exact) mass is 187 g/mol. The fraction of sp³-hybridized carbons (Fsp3) is 0.100. The minimum atomic E-state index is 0.680. The smallest absolute Gasteiger partial charge is 0.150 e. The average Bonchev–Trinajstić information content (AvgIpc) is 2.70. The highest BCUT2D eigenvalue weighted by Gasteiger charge is 2.01. The third kappa shape index (κ3) is 1.42. The van der Waals surface area contributed by atoms with Gasteiger partial charge in [-0.1, -0.05) is 0 Å². The molecule has 4 nitrogen and oxygen atoms in total. The van der Waals surface area contributed by atoms with Crippen LogP contribution in [0.5, 0.6) is 0 Å². The van der Waals surface area contributed by atoms with Gasteiger partial charge in [0.15, 0.2) is 0 Å². The lowest BCUT2D eigenvalue weighted by atomic mass is 10.1. The summed E-state index contributed by atoms with van der Waals surface area (Å²) in [5.41, 5.74) is 2.69. The van der Waals surface area contributed by atoms with Gasteiger partial charge in [-0.15, -0.1) is 10.2 Å². The van der Waals surface area contributed by atoms with Gasteiger partial charge in [-0.3, -0.25) is 9.36 Å². The lowest BCUT2D eigenvalue weighted by Gasteiger charge is -2.05. The number of nitrogens with zero attached hydrogens (tertiary/aromatic N) is 3. The van der Waals surface area contributed by atoms with E-state index in [0.29, 0.717) is 5.56 Å². The van der Waals surface area contributed by atoms with Crippen LogP contribution >= 0.6 is 0 Å². The molecular formula is C10H9N3O. The zero-order chi connectivity index (χ0) is 9.97. The summed E-state index contributed by atoms with van der Waals surface area (Å²) in [5.74, 6) is 0. The summed E-state index contributed by atoms with van der Waals surface area (Å²) in [6.07, 6.45) is 4.09. The largest absolute Gasteiger partial charge is 0.298 e. The van der Waals surface area contributed by atoms with Crippen LogP contribution in [0.4, 0.5) is 0 Å². The number of rotatable bonds is 2. The molecule has 1 aromatic carbocycles. The molecule has 0 aliphatic rings. The number of carbonyl (C=O) groups is 1. The van der Waals surface area contributed by atoms with Crippen LogP contribution in [0, 0.1) is 6.92 Å². The minimum absolute atomic E-state index is 0.680. The van der Waals surface area contributed by atoms with Crippen molar-refractivity contribution < 1.29 is 4.79 Å². The molecule has 0 unspecified atom stereocenters. The van der Waals surface area contributed by atoms with E-state index in [9.17, 15) is 4.79 Å². The molecule has 1 aromatic heterocycles. The first kappa shape index (κ1) is 8.62. The van der Waals surface area contributed by atoms with Gasteiger partial charge in [0, 0.05) is 5.56 Å². The fourth-order valence-electron chi connectivity index (χ4n) is 1.37. The third-order valence-corrected chi connectivity index (χ3v) is 2.05. The molecule has 70 valence electrons. The number of aldehydes is 1. The molecule has 0 bridgehead atoms. The first-order valence-electron chi connectivity index (χ1n) is 4.22. The molecule has 0 spiro atoms. The van der Waals surface area contributed by atoms with Crippen LogP contribution in [0.3, 0.4) is 0 Å². The molecule has 2 rings (SSSR count). The van der Waals surface area contributed by atoms with Gasteiger partial charge in [-0.2, -0.15) is 0 Å². The average molecular weight is 187 g/mol.